The first-order valence-corrected chi connectivity index (χ1v) is 6.76. The second-order valence-electron chi connectivity index (χ2n) is 4.43. The number of aliphatic hydroxyl groups is 1. The normalized spacial score (nSPS) is 11.9. The van der Waals surface area contributed by atoms with Crippen LogP contribution in [0, 0.1) is 5.92 Å². The molecule has 0 radical (unpaired) electrons. The maximum atomic E-state index is 11.5. The van der Waals surface area contributed by atoms with E-state index in [1.807, 2.05) is 27.7 Å². The van der Waals surface area contributed by atoms with E-state index in [0.717, 1.165) is 0 Å². The molecule has 1 N–H and O–H groups in total. The summed E-state index contributed by atoms with van der Waals surface area (Å²) < 4.78 is 0. The van der Waals surface area contributed by atoms with Crippen LogP contribution in [-0.4, -0.2) is 23.3 Å². The Bertz CT molecular complexity index is 221. The molecule has 0 aromatic heterocycles. The van der Waals surface area contributed by atoms with Crippen molar-refractivity contribution < 1.29 is 24.7 Å². The number of carbonyl (C=O) groups is 1. The average molecular weight is 262 g/mol. The van der Waals surface area contributed by atoms with Crippen molar-refractivity contribution in [2.45, 2.75) is 65.4 Å². The minimum atomic E-state index is -0.594. The van der Waals surface area contributed by atoms with Gasteiger partial charge in [0, 0.05) is 13.0 Å². The standard InChI is InChI=1S/C13H26O5/c1-5-11(6-2)12(15)16-18-17-13(7-3,8-4)9-10-14/h11,14H,5-10H2,1-4H3. The van der Waals surface area contributed by atoms with Crippen LogP contribution in [-0.2, 0) is 19.6 Å². The third-order valence-corrected chi connectivity index (χ3v) is 3.50. The third kappa shape index (κ3) is 5.33. The number of carbonyl (C=O) groups excluding carboxylic acids is 1. The van der Waals surface area contributed by atoms with Gasteiger partial charge in [-0.2, -0.15) is 4.89 Å². The Hall–Kier alpha value is -0.650. The van der Waals surface area contributed by atoms with Gasteiger partial charge in [0.2, 0.25) is 0 Å². The summed E-state index contributed by atoms with van der Waals surface area (Å²) in [6.07, 6.45) is 3.21. The largest absolute Gasteiger partial charge is 0.396 e. The lowest BCUT2D eigenvalue weighted by Gasteiger charge is -2.28. The monoisotopic (exact) mass is 262 g/mol. The van der Waals surface area contributed by atoms with Crippen molar-refractivity contribution in [3.8, 4) is 0 Å². The molecule has 0 aromatic rings. The molecule has 0 saturated carbocycles. The number of rotatable bonds is 10. The van der Waals surface area contributed by atoms with E-state index >= 15 is 0 Å². The average Bonchev–Trinajstić information content (AvgIpc) is 2.39. The Morgan fingerprint density at radius 3 is 2.11 bits per heavy atom. The van der Waals surface area contributed by atoms with E-state index in [-0.39, 0.29) is 12.5 Å². The van der Waals surface area contributed by atoms with Gasteiger partial charge in [0.1, 0.15) is 5.60 Å². The lowest BCUT2D eigenvalue weighted by Crippen LogP contribution is -2.33. The lowest BCUT2D eigenvalue weighted by molar-refractivity contribution is -0.523. The third-order valence-electron chi connectivity index (χ3n) is 3.50. The smallest absolute Gasteiger partial charge is 0.348 e. The maximum absolute atomic E-state index is 11.5. The summed E-state index contributed by atoms with van der Waals surface area (Å²) >= 11 is 0. The molecule has 0 amide bonds. The summed E-state index contributed by atoms with van der Waals surface area (Å²) in [5.41, 5.74) is -0.594. The van der Waals surface area contributed by atoms with Crippen molar-refractivity contribution in [3.63, 3.8) is 0 Å². The minimum Gasteiger partial charge on any atom is -0.396 e. The predicted octanol–water partition coefficient (Wildman–Crippen LogP) is 2.77. The Balaban J connectivity index is 4.17. The van der Waals surface area contributed by atoms with Gasteiger partial charge in [-0.25, -0.2) is 4.79 Å². The topological polar surface area (TPSA) is 65.0 Å². The molecule has 0 aliphatic rings. The van der Waals surface area contributed by atoms with Crippen molar-refractivity contribution in [1.29, 1.82) is 0 Å². The zero-order valence-corrected chi connectivity index (χ0v) is 11.9. The molecule has 0 heterocycles. The highest BCUT2D eigenvalue weighted by Gasteiger charge is 2.29. The molecule has 0 aromatic carbocycles. The molecule has 108 valence electrons. The number of hydrogen-bond donors (Lipinski definition) is 1. The molecule has 0 rings (SSSR count). The van der Waals surface area contributed by atoms with Crippen molar-refractivity contribution in [1.82, 2.24) is 0 Å². The van der Waals surface area contributed by atoms with Gasteiger partial charge in [0.15, 0.2) is 0 Å². The summed E-state index contributed by atoms with van der Waals surface area (Å²) in [7, 11) is 0. The highest BCUT2D eigenvalue weighted by atomic mass is 17.5. The maximum Gasteiger partial charge on any atom is 0.348 e. The molecule has 0 spiro atoms. The van der Waals surface area contributed by atoms with Gasteiger partial charge in [-0.05, 0) is 30.7 Å². The van der Waals surface area contributed by atoms with Crippen LogP contribution in [0.2, 0.25) is 0 Å². The molecule has 0 aliphatic heterocycles. The van der Waals surface area contributed by atoms with Gasteiger partial charge in [-0.3, -0.25) is 4.89 Å². The lowest BCUT2D eigenvalue weighted by atomic mass is 9.94. The van der Waals surface area contributed by atoms with Gasteiger partial charge < -0.3 is 5.11 Å². The number of hydrogen-bond acceptors (Lipinski definition) is 5. The molecule has 0 aliphatic carbocycles. The van der Waals surface area contributed by atoms with E-state index in [9.17, 15) is 4.79 Å². The summed E-state index contributed by atoms with van der Waals surface area (Å²) in [6, 6.07) is 0. The van der Waals surface area contributed by atoms with Crippen LogP contribution in [0.3, 0.4) is 0 Å². The van der Waals surface area contributed by atoms with Crippen LogP contribution in [0.4, 0.5) is 0 Å². The first kappa shape index (κ1) is 17.4. The van der Waals surface area contributed by atoms with Crippen molar-refractivity contribution in [2.75, 3.05) is 6.61 Å². The van der Waals surface area contributed by atoms with Crippen LogP contribution in [0.25, 0.3) is 0 Å². The second kappa shape index (κ2) is 9.30. The van der Waals surface area contributed by atoms with Crippen LogP contribution in [0.15, 0.2) is 0 Å². The highest BCUT2D eigenvalue weighted by Crippen LogP contribution is 2.25. The first-order chi connectivity index (χ1) is 8.59. The summed E-state index contributed by atoms with van der Waals surface area (Å²) in [6.45, 7) is 7.72. The Labute approximate surface area is 109 Å². The highest BCUT2D eigenvalue weighted by molar-refractivity contribution is 5.71. The zero-order chi connectivity index (χ0) is 14.0. The Morgan fingerprint density at radius 1 is 1.17 bits per heavy atom. The van der Waals surface area contributed by atoms with Gasteiger partial charge >= 0.3 is 5.97 Å². The molecule has 5 nitrogen and oxygen atoms in total. The molecule has 0 bridgehead atoms. The fourth-order valence-corrected chi connectivity index (χ4v) is 1.78. The molecule has 0 atom stereocenters. The van der Waals surface area contributed by atoms with E-state index in [0.29, 0.717) is 32.1 Å². The summed E-state index contributed by atoms with van der Waals surface area (Å²) in [5.74, 6) is -0.575. The van der Waals surface area contributed by atoms with Crippen LogP contribution < -0.4 is 0 Å². The molecule has 0 unspecified atom stereocenters. The molecular formula is C13H26O5. The Morgan fingerprint density at radius 2 is 1.72 bits per heavy atom. The second-order valence-corrected chi connectivity index (χ2v) is 4.43. The van der Waals surface area contributed by atoms with Crippen molar-refractivity contribution in [2.24, 2.45) is 5.92 Å². The van der Waals surface area contributed by atoms with Gasteiger partial charge in [0.05, 0.1) is 5.92 Å². The molecule has 0 saturated heterocycles. The van der Waals surface area contributed by atoms with Crippen molar-refractivity contribution >= 4 is 5.97 Å². The van der Waals surface area contributed by atoms with Gasteiger partial charge in [-0.15, -0.1) is 0 Å². The number of aliphatic hydroxyl groups excluding tert-OH is 1. The SMILES string of the molecule is CCC(CC)C(=O)OOOC(CC)(CC)CCO. The fourth-order valence-electron chi connectivity index (χ4n) is 1.78. The fraction of sp³-hybridized carbons (Fsp3) is 0.923. The molecule has 0 fully saturated rings. The minimum absolute atomic E-state index is 0.00549. The van der Waals surface area contributed by atoms with Crippen molar-refractivity contribution in [3.05, 3.63) is 0 Å². The van der Waals surface area contributed by atoms with Crippen LogP contribution in [0.1, 0.15) is 59.8 Å². The molecule has 5 heteroatoms. The summed E-state index contributed by atoms with van der Waals surface area (Å²) in [4.78, 5) is 21.4. The van der Waals surface area contributed by atoms with Crippen LogP contribution in [0.5, 0.6) is 0 Å². The van der Waals surface area contributed by atoms with E-state index < -0.39 is 11.6 Å². The molecule has 18 heavy (non-hydrogen) atoms. The predicted molar refractivity (Wildman–Crippen MR) is 67.3 cm³/mol. The first-order valence-electron chi connectivity index (χ1n) is 6.76. The van der Waals surface area contributed by atoms with E-state index in [2.05, 4.69) is 9.93 Å². The van der Waals surface area contributed by atoms with E-state index in [4.69, 9.17) is 9.99 Å². The Kier molecular flexibility index (Phi) is 8.97. The van der Waals surface area contributed by atoms with Crippen LogP contribution >= 0.6 is 0 Å². The van der Waals surface area contributed by atoms with Gasteiger partial charge in [-0.1, -0.05) is 27.7 Å². The quantitative estimate of drug-likeness (QED) is 0.484. The molecular weight excluding hydrogens is 236 g/mol. The van der Waals surface area contributed by atoms with Gasteiger partial charge in [0.25, 0.3) is 0 Å². The van der Waals surface area contributed by atoms with E-state index in [1.165, 1.54) is 0 Å². The zero-order valence-electron chi connectivity index (χ0n) is 11.9. The summed E-state index contributed by atoms with van der Waals surface area (Å²) in [5, 5.41) is 13.6. The van der Waals surface area contributed by atoms with E-state index in [1.54, 1.807) is 0 Å².